The molecule has 2 bridgehead atoms. The van der Waals surface area contributed by atoms with Gasteiger partial charge in [0.05, 0.1) is 0 Å². The van der Waals surface area contributed by atoms with Crippen LogP contribution in [0.4, 0.5) is 0 Å². The molecule has 14 heavy (non-hydrogen) atoms. The molecule has 0 spiro atoms. The standard InChI is InChI=1S/C12H19NO/c1-7(14)13-12-6-8-5-11(12)10-4-2-3-9(8)10/h8-12H,2-6H2,1H3,(H,13,14)/t8-,9-,10-,11-,12-/m0/s1. The van der Waals surface area contributed by atoms with E-state index in [2.05, 4.69) is 5.32 Å². The fraction of sp³-hybridized carbons (Fsp3) is 0.917. The molecule has 0 aliphatic heterocycles. The molecule has 0 heterocycles. The highest BCUT2D eigenvalue weighted by Gasteiger charge is 2.53. The van der Waals surface area contributed by atoms with Crippen LogP contribution in [0.3, 0.4) is 0 Å². The SMILES string of the molecule is CC(=O)N[C@H]1C[C@@H]2C[C@H]1[C@H]1CCC[C@@H]21. The van der Waals surface area contributed by atoms with E-state index in [0.717, 1.165) is 23.7 Å². The molecule has 0 aromatic heterocycles. The van der Waals surface area contributed by atoms with E-state index in [-0.39, 0.29) is 5.91 Å². The van der Waals surface area contributed by atoms with E-state index in [1.54, 1.807) is 6.92 Å². The first kappa shape index (κ1) is 8.75. The molecule has 2 heteroatoms. The van der Waals surface area contributed by atoms with Crippen molar-refractivity contribution >= 4 is 5.91 Å². The van der Waals surface area contributed by atoms with Crippen LogP contribution in [0.5, 0.6) is 0 Å². The van der Waals surface area contributed by atoms with E-state index in [0.29, 0.717) is 6.04 Å². The van der Waals surface area contributed by atoms with Crippen LogP contribution in [0.15, 0.2) is 0 Å². The first-order valence-corrected chi connectivity index (χ1v) is 6.03. The van der Waals surface area contributed by atoms with Crippen LogP contribution in [-0.4, -0.2) is 11.9 Å². The number of fused-ring (bicyclic) bond motifs is 5. The van der Waals surface area contributed by atoms with Gasteiger partial charge in [-0.25, -0.2) is 0 Å². The Kier molecular flexibility index (Phi) is 1.86. The van der Waals surface area contributed by atoms with Gasteiger partial charge in [-0.2, -0.15) is 0 Å². The summed E-state index contributed by atoms with van der Waals surface area (Å²) in [5.41, 5.74) is 0. The minimum Gasteiger partial charge on any atom is -0.353 e. The van der Waals surface area contributed by atoms with Crippen molar-refractivity contribution in [3.8, 4) is 0 Å². The molecule has 0 saturated heterocycles. The summed E-state index contributed by atoms with van der Waals surface area (Å²) in [6.45, 7) is 1.65. The van der Waals surface area contributed by atoms with Crippen LogP contribution in [-0.2, 0) is 4.79 Å². The van der Waals surface area contributed by atoms with Crippen LogP contribution >= 0.6 is 0 Å². The van der Waals surface area contributed by atoms with Crippen LogP contribution in [0.25, 0.3) is 0 Å². The van der Waals surface area contributed by atoms with E-state index in [1.165, 1.54) is 32.1 Å². The van der Waals surface area contributed by atoms with Crippen LogP contribution in [0.1, 0.15) is 39.0 Å². The third-order valence-electron chi connectivity index (χ3n) is 4.82. The zero-order valence-electron chi connectivity index (χ0n) is 8.83. The average Bonchev–Trinajstić information content (AvgIpc) is 2.68. The Morgan fingerprint density at radius 3 is 2.71 bits per heavy atom. The first-order chi connectivity index (χ1) is 6.75. The molecule has 0 radical (unpaired) electrons. The molecule has 3 rings (SSSR count). The average molecular weight is 193 g/mol. The maximum atomic E-state index is 11.1. The molecular weight excluding hydrogens is 174 g/mol. The molecule has 3 fully saturated rings. The Labute approximate surface area is 85.4 Å². The first-order valence-electron chi connectivity index (χ1n) is 6.03. The van der Waals surface area contributed by atoms with Crippen molar-refractivity contribution < 1.29 is 4.79 Å². The summed E-state index contributed by atoms with van der Waals surface area (Å²) >= 11 is 0. The van der Waals surface area contributed by atoms with Crippen molar-refractivity contribution in [2.45, 2.75) is 45.1 Å². The zero-order valence-corrected chi connectivity index (χ0v) is 8.83. The van der Waals surface area contributed by atoms with Crippen molar-refractivity contribution in [2.75, 3.05) is 0 Å². The topological polar surface area (TPSA) is 29.1 Å². The zero-order chi connectivity index (χ0) is 9.71. The maximum absolute atomic E-state index is 11.1. The second-order valence-electron chi connectivity index (χ2n) is 5.46. The second-order valence-corrected chi connectivity index (χ2v) is 5.46. The van der Waals surface area contributed by atoms with Gasteiger partial charge in [0.1, 0.15) is 0 Å². The third kappa shape index (κ3) is 1.12. The van der Waals surface area contributed by atoms with Gasteiger partial charge in [0, 0.05) is 13.0 Å². The number of nitrogens with one attached hydrogen (secondary N) is 1. The lowest BCUT2D eigenvalue weighted by molar-refractivity contribution is -0.120. The van der Waals surface area contributed by atoms with Crippen LogP contribution in [0.2, 0.25) is 0 Å². The predicted molar refractivity (Wildman–Crippen MR) is 54.6 cm³/mol. The minimum absolute atomic E-state index is 0.164. The molecule has 3 saturated carbocycles. The number of hydrogen-bond donors (Lipinski definition) is 1. The van der Waals surface area contributed by atoms with Gasteiger partial charge in [0.25, 0.3) is 0 Å². The fourth-order valence-corrected chi connectivity index (χ4v) is 4.50. The number of hydrogen-bond acceptors (Lipinski definition) is 1. The quantitative estimate of drug-likeness (QED) is 0.677. The van der Waals surface area contributed by atoms with Gasteiger partial charge >= 0.3 is 0 Å². The van der Waals surface area contributed by atoms with Gasteiger partial charge < -0.3 is 5.32 Å². The molecule has 3 aliphatic carbocycles. The number of rotatable bonds is 1. The number of amides is 1. The summed E-state index contributed by atoms with van der Waals surface area (Å²) in [4.78, 5) is 11.1. The van der Waals surface area contributed by atoms with Crippen molar-refractivity contribution in [1.29, 1.82) is 0 Å². The fourth-order valence-electron chi connectivity index (χ4n) is 4.50. The smallest absolute Gasteiger partial charge is 0.217 e. The monoisotopic (exact) mass is 193 g/mol. The summed E-state index contributed by atoms with van der Waals surface area (Å²) in [7, 11) is 0. The van der Waals surface area contributed by atoms with Gasteiger partial charge in [-0.1, -0.05) is 6.42 Å². The van der Waals surface area contributed by atoms with Gasteiger partial charge in [0.2, 0.25) is 5.91 Å². The van der Waals surface area contributed by atoms with Gasteiger partial charge in [-0.3, -0.25) is 4.79 Å². The van der Waals surface area contributed by atoms with E-state index in [9.17, 15) is 4.79 Å². The van der Waals surface area contributed by atoms with Gasteiger partial charge in [-0.15, -0.1) is 0 Å². The largest absolute Gasteiger partial charge is 0.353 e. The van der Waals surface area contributed by atoms with Crippen LogP contribution in [0, 0.1) is 23.7 Å². The van der Waals surface area contributed by atoms with Gasteiger partial charge in [0.15, 0.2) is 0 Å². The van der Waals surface area contributed by atoms with E-state index in [4.69, 9.17) is 0 Å². The normalized spacial score (nSPS) is 49.4. The number of carbonyl (C=O) groups is 1. The lowest BCUT2D eigenvalue weighted by Gasteiger charge is -2.31. The lowest BCUT2D eigenvalue weighted by Crippen LogP contribution is -2.41. The Balaban J connectivity index is 1.73. The van der Waals surface area contributed by atoms with Gasteiger partial charge in [-0.05, 0) is 49.4 Å². The lowest BCUT2D eigenvalue weighted by atomic mass is 9.79. The van der Waals surface area contributed by atoms with Crippen molar-refractivity contribution in [3.63, 3.8) is 0 Å². The number of carbonyl (C=O) groups excluding carboxylic acids is 1. The highest BCUT2D eigenvalue weighted by Crippen LogP contribution is 2.58. The molecule has 2 nitrogen and oxygen atoms in total. The Morgan fingerprint density at radius 2 is 1.93 bits per heavy atom. The minimum atomic E-state index is 0.164. The maximum Gasteiger partial charge on any atom is 0.217 e. The summed E-state index contributed by atoms with van der Waals surface area (Å²) in [5.74, 6) is 3.94. The Hall–Kier alpha value is -0.530. The summed E-state index contributed by atoms with van der Waals surface area (Å²) < 4.78 is 0. The van der Waals surface area contributed by atoms with E-state index < -0.39 is 0 Å². The summed E-state index contributed by atoms with van der Waals surface area (Å²) in [6.07, 6.45) is 7.02. The van der Waals surface area contributed by atoms with Crippen molar-refractivity contribution in [3.05, 3.63) is 0 Å². The molecule has 1 N–H and O–H groups in total. The van der Waals surface area contributed by atoms with Crippen molar-refractivity contribution in [2.24, 2.45) is 23.7 Å². The highest BCUT2D eigenvalue weighted by atomic mass is 16.1. The Morgan fingerprint density at radius 1 is 1.14 bits per heavy atom. The molecule has 3 aliphatic rings. The molecule has 78 valence electrons. The second kappa shape index (κ2) is 2.98. The van der Waals surface area contributed by atoms with Crippen LogP contribution < -0.4 is 5.32 Å². The molecule has 5 atom stereocenters. The summed E-state index contributed by atoms with van der Waals surface area (Å²) in [6, 6.07) is 0.525. The van der Waals surface area contributed by atoms with E-state index in [1.807, 2.05) is 0 Å². The highest BCUT2D eigenvalue weighted by molar-refractivity contribution is 5.73. The summed E-state index contributed by atoms with van der Waals surface area (Å²) in [5, 5.41) is 3.15. The molecule has 0 aromatic carbocycles. The molecule has 0 unspecified atom stereocenters. The molecular formula is C12H19NO. The van der Waals surface area contributed by atoms with Crippen molar-refractivity contribution in [1.82, 2.24) is 5.32 Å². The predicted octanol–water partition coefficient (Wildman–Crippen LogP) is 1.95. The molecule has 0 aromatic rings. The Bertz CT molecular complexity index is 263. The van der Waals surface area contributed by atoms with E-state index >= 15 is 0 Å². The molecule has 1 amide bonds. The third-order valence-corrected chi connectivity index (χ3v) is 4.82.